The normalized spacial score (nSPS) is 12.1. The van der Waals surface area contributed by atoms with Gasteiger partial charge in [0.15, 0.2) is 14.6 Å². The monoisotopic (exact) mass is 504 g/mol. The Labute approximate surface area is 202 Å². The molecule has 0 aliphatic heterocycles. The standard InChI is InChI=1S/C24H28N2O6S2/c1-4-6-7-13-32-18-10-8-9-17(14-18)23(28)25-24-26(16-22(27)31-5-2)20-12-11-19(34(3,29)30)15-21(20)33-24/h8-12,14-15H,4-7,13,16H2,1-3H3. The molecular formula is C24H28N2O6S2. The lowest BCUT2D eigenvalue weighted by Crippen LogP contribution is -2.23. The van der Waals surface area contributed by atoms with Crippen LogP contribution in [0.3, 0.4) is 0 Å². The quantitative estimate of drug-likeness (QED) is 0.306. The number of unbranched alkanes of at least 4 members (excludes halogenated alkanes) is 2. The lowest BCUT2D eigenvalue weighted by atomic mass is 10.2. The first-order chi connectivity index (χ1) is 16.2. The molecular weight excluding hydrogens is 476 g/mol. The van der Waals surface area contributed by atoms with Crippen LogP contribution in [0.5, 0.6) is 5.75 Å². The molecule has 0 saturated heterocycles. The van der Waals surface area contributed by atoms with Crippen molar-refractivity contribution < 1.29 is 27.5 Å². The molecule has 0 aliphatic carbocycles. The number of fused-ring (bicyclic) bond motifs is 1. The van der Waals surface area contributed by atoms with Crippen LogP contribution in [0.25, 0.3) is 10.2 Å². The third kappa shape index (κ3) is 6.54. The molecule has 0 bridgehead atoms. The van der Waals surface area contributed by atoms with E-state index in [-0.39, 0.29) is 22.8 Å². The van der Waals surface area contributed by atoms with Gasteiger partial charge in [-0.1, -0.05) is 37.2 Å². The number of ether oxygens (including phenoxy) is 2. The predicted molar refractivity (Wildman–Crippen MR) is 131 cm³/mol. The van der Waals surface area contributed by atoms with E-state index in [9.17, 15) is 18.0 Å². The molecule has 1 aromatic heterocycles. The smallest absolute Gasteiger partial charge is 0.326 e. The van der Waals surface area contributed by atoms with Crippen molar-refractivity contribution in [1.29, 1.82) is 0 Å². The molecule has 182 valence electrons. The van der Waals surface area contributed by atoms with Crippen LogP contribution in [0.15, 0.2) is 52.4 Å². The summed E-state index contributed by atoms with van der Waals surface area (Å²) in [6.45, 7) is 4.46. The molecule has 3 rings (SSSR count). The fourth-order valence-electron chi connectivity index (χ4n) is 3.27. The minimum absolute atomic E-state index is 0.148. The number of hydrogen-bond acceptors (Lipinski definition) is 7. The highest BCUT2D eigenvalue weighted by molar-refractivity contribution is 7.90. The van der Waals surface area contributed by atoms with Crippen LogP contribution in [0, 0.1) is 0 Å². The molecule has 1 heterocycles. The maximum absolute atomic E-state index is 13.0. The number of thiazole rings is 1. The highest BCUT2D eigenvalue weighted by Crippen LogP contribution is 2.22. The van der Waals surface area contributed by atoms with E-state index in [0.29, 0.717) is 28.1 Å². The summed E-state index contributed by atoms with van der Waals surface area (Å²) in [5, 5.41) is 0. The fourth-order valence-corrected chi connectivity index (χ4v) is 5.06. The van der Waals surface area contributed by atoms with E-state index in [1.807, 2.05) is 0 Å². The highest BCUT2D eigenvalue weighted by Gasteiger charge is 2.16. The summed E-state index contributed by atoms with van der Waals surface area (Å²) >= 11 is 1.13. The second-order valence-corrected chi connectivity index (χ2v) is 10.7. The first kappa shape index (κ1) is 25.6. The van der Waals surface area contributed by atoms with Crippen molar-refractivity contribution in [3.05, 3.63) is 52.8 Å². The topological polar surface area (TPSA) is 104 Å². The van der Waals surface area contributed by atoms with E-state index in [1.54, 1.807) is 41.8 Å². The molecule has 8 nitrogen and oxygen atoms in total. The molecule has 2 aromatic carbocycles. The van der Waals surface area contributed by atoms with Gasteiger partial charge in [-0.15, -0.1) is 0 Å². The van der Waals surface area contributed by atoms with Crippen molar-refractivity contribution in [2.45, 2.75) is 44.6 Å². The summed E-state index contributed by atoms with van der Waals surface area (Å²) in [7, 11) is -3.42. The minimum atomic E-state index is -3.42. The third-order valence-corrected chi connectivity index (χ3v) is 7.12. The summed E-state index contributed by atoms with van der Waals surface area (Å²) in [5.41, 5.74) is 0.940. The summed E-state index contributed by atoms with van der Waals surface area (Å²) in [6.07, 6.45) is 4.22. The van der Waals surface area contributed by atoms with Gasteiger partial charge in [-0.25, -0.2) is 8.42 Å². The molecule has 0 fully saturated rings. The van der Waals surface area contributed by atoms with E-state index in [4.69, 9.17) is 9.47 Å². The van der Waals surface area contributed by atoms with Crippen LogP contribution < -0.4 is 9.54 Å². The number of esters is 1. The van der Waals surface area contributed by atoms with Gasteiger partial charge >= 0.3 is 5.97 Å². The van der Waals surface area contributed by atoms with Gasteiger partial charge in [-0.2, -0.15) is 4.99 Å². The summed E-state index contributed by atoms with van der Waals surface area (Å²) in [6, 6.07) is 11.4. The van der Waals surface area contributed by atoms with Crippen molar-refractivity contribution in [2.75, 3.05) is 19.5 Å². The zero-order valence-electron chi connectivity index (χ0n) is 19.4. The Kier molecular flexibility index (Phi) is 8.62. The number of rotatable bonds is 10. The maximum atomic E-state index is 13.0. The number of aromatic nitrogens is 1. The number of sulfone groups is 1. The van der Waals surface area contributed by atoms with Crippen LogP contribution in [0.4, 0.5) is 0 Å². The van der Waals surface area contributed by atoms with E-state index in [0.717, 1.165) is 36.9 Å². The Bertz CT molecular complexity index is 1360. The third-order valence-electron chi connectivity index (χ3n) is 4.97. The van der Waals surface area contributed by atoms with Gasteiger partial charge in [0.2, 0.25) is 0 Å². The summed E-state index contributed by atoms with van der Waals surface area (Å²) < 4.78 is 36.9. The molecule has 0 saturated carbocycles. The van der Waals surface area contributed by atoms with Crippen LogP contribution in [-0.4, -0.2) is 44.3 Å². The lowest BCUT2D eigenvalue weighted by Gasteiger charge is -2.07. The molecule has 3 aromatic rings. The lowest BCUT2D eigenvalue weighted by molar-refractivity contribution is -0.143. The van der Waals surface area contributed by atoms with E-state index < -0.39 is 21.7 Å². The van der Waals surface area contributed by atoms with Crippen molar-refractivity contribution in [2.24, 2.45) is 4.99 Å². The molecule has 0 unspecified atom stereocenters. The number of carbonyl (C=O) groups excluding carboxylic acids is 2. The molecule has 34 heavy (non-hydrogen) atoms. The molecule has 0 N–H and O–H groups in total. The van der Waals surface area contributed by atoms with Crippen LogP contribution in [-0.2, 0) is 25.9 Å². The second kappa shape index (κ2) is 11.4. The average Bonchev–Trinajstić information content (AvgIpc) is 3.12. The molecule has 0 aliphatic rings. The van der Waals surface area contributed by atoms with Crippen molar-refractivity contribution >= 4 is 43.3 Å². The largest absolute Gasteiger partial charge is 0.494 e. The fraction of sp³-hybridized carbons (Fsp3) is 0.375. The van der Waals surface area contributed by atoms with Crippen molar-refractivity contribution in [1.82, 2.24) is 4.57 Å². The van der Waals surface area contributed by atoms with Gasteiger partial charge in [0.05, 0.1) is 28.3 Å². The number of hydrogen-bond donors (Lipinski definition) is 0. The molecule has 0 spiro atoms. The average molecular weight is 505 g/mol. The zero-order chi connectivity index (χ0) is 24.7. The first-order valence-corrected chi connectivity index (χ1v) is 13.7. The Morgan fingerprint density at radius 3 is 2.59 bits per heavy atom. The van der Waals surface area contributed by atoms with Gasteiger partial charge in [0, 0.05) is 11.8 Å². The number of benzene rings is 2. The van der Waals surface area contributed by atoms with Crippen molar-refractivity contribution in [3.63, 3.8) is 0 Å². The van der Waals surface area contributed by atoms with Gasteiger partial charge in [0.25, 0.3) is 5.91 Å². The number of carbonyl (C=O) groups is 2. The van der Waals surface area contributed by atoms with Crippen molar-refractivity contribution in [3.8, 4) is 5.75 Å². The molecule has 1 amide bonds. The van der Waals surface area contributed by atoms with Gasteiger partial charge in [0.1, 0.15) is 12.3 Å². The van der Waals surface area contributed by atoms with Gasteiger partial charge in [-0.3, -0.25) is 9.59 Å². The number of amides is 1. The van der Waals surface area contributed by atoms with Gasteiger partial charge < -0.3 is 14.0 Å². The minimum Gasteiger partial charge on any atom is -0.494 e. The number of nitrogens with zero attached hydrogens (tertiary/aromatic N) is 2. The zero-order valence-corrected chi connectivity index (χ0v) is 21.1. The van der Waals surface area contributed by atoms with E-state index in [1.165, 1.54) is 12.1 Å². The van der Waals surface area contributed by atoms with E-state index in [2.05, 4.69) is 11.9 Å². The molecule has 0 radical (unpaired) electrons. The first-order valence-electron chi connectivity index (χ1n) is 11.0. The Morgan fingerprint density at radius 1 is 1.09 bits per heavy atom. The SMILES string of the molecule is CCCCCOc1cccc(C(=O)N=c2sc3cc(S(C)(=O)=O)ccc3n2CC(=O)OCC)c1. The van der Waals surface area contributed by atoms with Crippen LogP contribution in [0.1, 0.15) is 43.5 Å². The summed E-state index contributed by atoms with van der Waals surface area (Å²) in [4.78, 5) is 29.8. The van der Waals surface area contributed by atoms with E-state index >= 15 is 0 Å². The van der Waals surface area contributed by atoms with Gasteiger partial charge in [-0.05, 0) is 49.7 Å². The Morgan fingerprint density at radius 2 is 1.88 bits per heavy atom. The van der Waals surface area contributed by atoms with Crippen LogP contribution in [0.2, 0.25) is 0 Å². The predicted octanol–water partition coefficient (Wildman–Crippen LogP) is 3.98. The Hall–Kier alpha value is -2.98. The molecule has 10 heteroatoms. The molecule has 0 atom stereocenters. The Balaban J connectivity index is 2.00. The second-order valence-electron chi connectivity index (χ2n) is 7.68. The van der Waals surface area contributed by atoms with Crippen LogP contribution >= 0.6 is 11.3 Å². The summed E-state index contributed by atoms with van der Waals surface area (Å²) in [5.74, 6) is -0.386. The highest BCUT2D eigenvalue weighted by atomic mass is 32.2. The maximum Gasteiger partial charge on any atom is 0.326 e.